The topological polar surface area (TPSA) is 55.4 Å². The molecule has 4 nitrogen and oxygen atoms in total. The van der Waals surface area contributed by atoms with Crippen LogP contribution in [-0.4, -0.2) is 18.8 Å². The van der Waals surface area contributed by atoms with Gasteiger partial charge in [0.1, 0.15) is 12.4 Å². The summed E-state index contributed by atoms with van der Waals surface area (Å²) in [6, 6.07) is 5.52. The third kappa shape index (κ3) is 5.33. The van der Waals surface area contributed by atoms with Crippen LogP contribution in [0.4, 0.5) is 10.1 Å². The van der Waals surface area contributed by atoms with Crippen molar-refractivity contribution in [1.29, 1.82) is 0 Å². The zero-order valence-electron chi connectivity index (χ0n) is 10.9. The number of rotatable bonds is 6. The SMILES string of the molecule is C/C(=C\C(C)C(=O)Nc1ccc(F)cc1)OCC=O. The first-order valence-electron chi connectivity index (χ1n) is 5.84. The molecule has 0 saturated carbocycles. The van der Waals surface area contributed by atoms with E-state index in [9.17, 15) is 14.0 Å². The summed E-state index contributed by atoms with van der Waals surface area (Å²) in [5.41, 5.74) is 0.526. The summed E-state index contributed by atoms with van der Waals surface area (Å²) < 4.78 is 17.7. The van der Waals surface area contributed by atoms with Crippen LogP contribution in [0.15, 0.2) is 36.1 Å². The van der Waals surface area contributed by atoms with Gasteiger partial charge in [-0.1, -0.05) is 0 Å². The molecule has 0 aliphatic heterocycles. The lowest BCUT2D eigenvalue weighted by molar-refractivity contribution is -0.118. The molecule has 0 fully saturated rings. The van der Waals surface area contributed by atoms with E-state index < -0.39 is 5.92 Å². The van der Waals surface area contributed by atoms with Crippen LogP contribution in [0.25, 0.3) is 0 Å². The van der Waals surface area contributed by atoms with Crippen molar-refractivity contribution >= 4 is 17.9 Å². The first kappa shape index (κ1) is 14.9. The summed E-state index contributed by atoms with van der Waals surface area (Å²) in [6.07, 6.45) is 2.25. The van der Waals surface area contributed by atoms with E-state index in [4.69, 9.17) is 4.74 Å². The molecule has 1 unspecified atom stereocenters. The van der Waals surface area contributed by atoms with Crippen LogP contribution in [0.3, 0.4) is 0 Å². The molecule has 1 rings (SSSR count). The van der Waals surface area contributed by atoms with Crippen molar-refractivity contribution in [3.63, 3.8) is 0 Å². The molecule has 0 aliphatic rings. The van der Waals surface area contributed by atoms with Gasteiger partial charge in [-0.25, -0.2) is 4.39 Å². The second kappa shape index (κ2) is 7.31. The Labute approximate surface area is 111 Å². The maximum atomic E-state index is 12.7. The molecule has 0 bridgehead atoms. The predicted molar refractivity (Wildman–Crippen MR) is 70.0 cm³/mol. The summed E-state index contributed by atoms with van der Waals surface area (Å²) in [7, 11) is 0. The Balaban J connectivity index is 2.57. The molecule has 1 atom stereocenters. The van der Waals surface area contributed by atoms with Crippen LogP contribution < -0.4 is 5.32 Å². The average Bonchev–Trinajstić information content (AvgIpc) is 2.39. The largest absolute Gasteiger partial charge is 0.491 e. The van der Waals surface area contributed by atoms with Gasteiger partial charge in [-0.05, 0) is 44.2 Å². The zero-order valence-corrected chi connectivity index (χ0v) is 10.9. The normalized spacial score (nSPS) is 12.7. The number of hydrogen-bond acceptors (Lipinski definition) is 3. The molecule has 19 heavy (non-hydrogen) atoms. The molecule has 1 amide bonds. The molecular weight excluding hydrogens is 249 g/mol. The first-order valence-corrected chi connectivity index (χ1v) is 5.84. The molecule has 5 heteroatoms. The van der Waals surface area contributed by atoms with E-state index in [1.807, 2.05) is 0 Å². The lowest BCUT2D eigenvalue weighted by Crippen LogP contribution is -2.19. The maximum absolute atomic E-state index is 12.7. The van der Waals surface area contributed by atoms with E-state index >= 15 is 0 Å². The van der Waals surface area contributed by atoms with Crippen molar-refractivity contribution in [2.75, 3.05) is 11.9 Å². The van der Waals surface area contributed by atoms with Gasteiger partial charge in [0.2, 0.25) is 5.91 Å². The van der Waals surface area contributed by atoms with Crippen molar-refractivity contribution in [2.45, 2.75) is 13.8 Å². The number of carbonyl (C=O) groups is 2. The van der Waals surface area contributed by atoms with Gasteiger partial charge >= 0.3 is 0 Å². The Morgan fingerprint density at radius 2 is 2.05 bits per heavy atom. The van der Waals surface area contributed by atoms with Crippen LogP contribution in [0.5, 0.6) is 0 Å². The quantitative estimate of drug-likeness (QED) is 0.635. The van der Waals surface area contributed by atoms with E-state index in [0.717, 1.165) is 0 Å². The second-order valence-electron chi connectivity index (χ2n) is 4.04. The Morgan fingerprint density at radius 3 is 2.63 bits per heavy atom. The smallest absolute Gasteiger partial charge is 0.231 e. The highest BCUT2D eigenvalue weighted by Gasteiger charge is 2.11. The van der Waals surface area contributed by atoms with E-state index in [-0.39, 0.29) is 18.3 Å². The number of allylic oxidation sites excluding steroid dienone is 1. The summed E-state index contributed by atoms with van der Waals surface area (Å²) >= 11 is 0. The Morgan fingerprint density at radius 1 is 1.42 bits per heavy atom. The fraction of sp³-hybridized carbons (Fsp3) is 0.286. The van der Waals surface area contributed by atoms with Gasteiger partial charge < -0.3 is 10.1 Å². The summed E-state index contributed by atoms with van der Waals surface area (Å²) in [5.74, 6) is -0.504. The minimum Gasteiger partial charge on any atom is -0.491 e. The van der Waals surface area contributed by atoms with E-state index in [2.05, 4.69) is 5.32 Å². The fourth-order valence-corrected chi connectivity index (χ4v) is 1.43. The molecular formula is C14H16FNO3. The molecule has 1 aromatic carbocycles. The Hall–Kier alpha value is -2.17. The van der Waals surface area contributed by atoms with E-state index in [0.29, 0.717) is 17.7 Å². The lowest BCUT2D eigenvalue weighted by Gasteiger charge is -2.10. The molecule has 0 radical (unpaired) electrons. The van der Waals surface area contributed by atoms with Gasteiger partial charge in [0.05, 0.1) is 11.7 Å². The third-order valence-corrected chi connectivity index (χ3v) is 2.39. The van der Waals surface area contributed by atoms with Crippen molar-refractivity contribution < 1.29 is 18.7 Å². The van der Waals surface area contributed by atoms with Crippen LogP contribution in [0, 0.1) is 11.7 Å². The third-order valence-electron chi connectivity index (χ3n) is 2.39. The number of anilines is 1. The van der Waals surface area contributed by atoms with Crippen LogP contribution in [0.2, 0.25) is 0 Å². The molecule has 1 aromatic rings. The number of carbonyl (C=O) groups excluding carboxylic acids is 2. The minimum atomic E-state index is -0.420. The molecule has 1 N–H and O–H groups in total. The number of nitrogens with one attached hydrogen (secondary N) is 1. The van der Waals surface area contributed by atoms with Crippen molar-refractivity contribution in [3.05, 3.63) is 41.9 Å². The second-order valence-corrected chi connectivity index (χ2v) is 4.04. The number of hydrogen-bond donors (Lipinski definition) is 1. The summed E-state index contributed by atoms with van der Waals surface area (Å²) in [6.45, 7) is 3.34. The highest BCUT2D eigenvalue weighted by Crippen LogP contribution is 2.11. The van der Waals surface area contributed by atoms with Gasteiger partial charge in [0.25, 0.3) is 0 Å². The fourth-order valence-electron chi connectivity index (χ4n) is 1.43. The van der Waals surface area contributed by atoms with Crippen molar-refractivity contribution in [3.8, 4) is 0 Å². The maximum Gasteiger partial charge on any atom is 0.231 e. The van der Waals surface area contributed by atoms with Gasteiger partial charge in [0.15, 0.2) is 6.29 Å². The molecule has 0 aliphatic carbocycles. The van der Waals surface area contributed by atoms with E-state index in [1.165, 1.54) is 24.3 Å². The van der Waals surface area contributed by atoms with Crippen LogP contribution >= 0.6 is 0 Å². The Kier molecular flexibility index (Phi) is 5.73. The van der Waals surface area contributed by atoms with Crippen LogP contribution in [-0.2, 0) is 14.3 Å². The highest BCUT2D eigenvalue weighted by molar-refractivity contribution is 5.93. The number of halogens is 1. The first-order chi connectivity index (χ1) is 9.02. The minimum absolute atomic E-state index is 0.0331. The molecule has 0 heterocycles. The monoisotopic (exact) mass is 265 g/mol. The zero-order chi connectivity index (χ0) is 14.3. The molecule has 0 saturated heterocycles. The van der Waals surface area contributed by atoms with Crippen molar-refractivity contribution in [2.24, 2.45) is 5.92 Å². The van der Waals surface area contributed by atoms with E-state index in [1.54, 1.807) is 19.9 Å². The van der Waals surface area contributed by atoms with Gasteiger partial charge in [-0.2, -0.15) is 0 Å². The van der Waals surface area contributed by atoms with Crippen LogP contribution in [0.1, 0.15) is 13.8 Å². The molecule has 0 aromatic heterocycles. The number of aldehydes is 1. The predicted octanol–water partition coefficient (Wildman–Crippen LogP) is 2.52. The number of ether oxygens (including phenoxy) is 1. The standard InChI is InChI=1S/C14H16FNO3/c1-10(9-11(2)19-8-7-17)14(18)16-13-5-3-12(15)4-6-13/h3-7,9-10H,8H2,1-2H3,(H,16,18)/b11-9+. The van der Waals surface area contributed by atoms with Gasteiger partial charge in [-0.15, -0.1) is 0 Å². The highest BCUT2D eigenvalue weighted by atomic mass is 19.1. The summed E-state index contributed by atoms with van der Waals surface area (Å²) in [4.78, 5) is 22.0. The van der Waals surface area contributed by atoms with Gasteiger partial charge in [-0.3, -0.25) is 9.59 Å². The van der Waals surface area contributed by atoms with Crippen molar-refractivity contribution in [1.82, 2.24) is 0 Å². The Bertz CT molecular complexity index is 468. The lowest BCUT2D eigenvalue weighted by atomic mass is 10.1. The number of benzene rings is 1. The van der Waals surface area contributed by atoms with Gasteiger partial charge in [0, 0.05) is 5.69 Å². The molecule has 102 valence electrons. The number of amides is 1. The average molecular weight is 265 g/mol. The summed E-state index contributed by atoms with van der Waals surface area (Å²) in [5, 5.41) is 2.66. The molecule has 0 spiro atoms.